The molecule has 0 N–H and O–H groups in total. The van der Waals surface area contributed by atoms with Gasteiger partial charge in [0.2, 0.25) is 0 Å². The molecule has 158 valence electrons. The van der Waals surface area contributed by atoms with Crippen LogP contribution in [0.1, 0.15) is 45.5 Å². The van der Waals surface area contributed by atoms with Crippen molar-refractivity contribution in [3.63, 3.8) is 0 Å². The van der Waals surface area contributed by atoms with E-state index in [9.17, 15) is 4.79 Å². The molecular weight excluding hydrogens is 380 g/mol. The minimum absolute atomic E-state index is 0.0635. The van der Waals surface area contributed by atoms with Crippen LogP contribution in [-0.4, -0.2) is 30.4 Å². The minimum atomic E-state index is 0.0635. The van der Waals surface area contributed by atoms with Gasteiger partial charge < -0.3 is 4.90 Å². The Morgan fingerprint density at radius 2 is 1.61 bits per heavy atom. The monoisotopic (exact) mass is 410 g/mol. The van der Waals surface area contributed by atoms with Crippen molar-refractivity contribution in [3.05, 3.63) is 101 Å². The van der Waals surface area contributed by atoms with Crippen LogP contribution in [-0.2, 0) is 12.0 Å². The number of anilines is 1. The summed E-state index contributed by atoms with van der Waals surface area (Å²) in [4.78, 5) is 18.1. The number of hydrogen-bond acceptors (Lipinski definition) is 2. The molecule has 2 aliphatic heterocycles. The van der Waals surface area contributed by atoms with Crippen LogP contribution in [0.15, 0.2) is 72.8 Å². The second-order valence-electron chi connectivity index (χ2n) is 9.32. The quantitative estimate of drug-likeness (QED) is 0.569. The first-order valence-electron chi connectivity index (χ1n) is 11.3. The number of rotatable bonds is 3. The molecule has 0 saturated carbocycles. The summed E-state index contributed by atoms with van der Waals surface area (Å²) >= 11 is 0. The van der Waals surface area contributed by atoms with Crippen molar-refractivity contribution < 1.29 is 4.79 Å². The van der Waals surface area contributed by atoms with Crippen molar-refractivity contribution in [2.24, 2.45) is 0 Å². The summed E-state index contributed by atoms with van der Waals surface area (Å²) in [5.41, 5.74) is 7.09. The maximum absolute atomic E-state index is 13.5. The van der Waals surface area contributed by atoms with Crippen LogP contribution >= 0.6 is 0 Å². The molecular formula is C28H30N2O. The Balaban J connectivity index is 1.40. The first kappa shape index (κ1) is 20.0. The average molecular weight is 411 g/mol. The van der Waals surface area contributed by atoms with Crippen molar-refractivity contribution in [2.45, 2.75) is 38.6 Å². The first-order chi connectivity index (χ1) is 15.0. The highest BCUT2D eigenvalue weighted by Gasteiger charge is 2.46. The van der Waals surface area contributed by atoms with Gasteiger partial charge in [0.15, 0.2) is 0 Å². The topological polar surface area (TPSA) is 23.6 Å². The summed E-state index contributed by atoms with van der Waals surface area (Å²) in [6, 6.07) is 25.3. The van der Waals surface area contributed by atoms with E-state index in [-0.39, 0.29) is 11.3 Å². The Morgan fingerprint density at radius 1 is 0.871 bits per heavy atom. The van der Waals surface area contributed by atoms with Crippen molar-refractivity contribution in [3.8, 4) is 0 Å². The second-order valence-corrected chi connectivity index (χ2v) is 9.32. The van der Waals surface area contributed by atoms with Gasteiger partial charge in [-0.1, -0.05) is 65.7 Å². The van der Waals surface area contributed by atoms with Crippen LogP contribution in [0.2, 0.25) is 0 Å². The normalized spacial score (nSPS) is 17.7. The van der Waals surface area contributed by atoms with E-state index in [0.717, 1.165) is 55.8 Å². The molecule has 0 bridgehead atoms. The highest BCUT2D eigenvalue weighted by Crippen LogP contribution is 2.48. The number of amides is 1. The van der Waals surface area contributed by atoms with Crippen LogP contribution in [0.25, 0.3) is 0 Å². The molecule has 3 nitrogen and oxygen atoms in total. The molecule has 3 heteroatoms. The van der Waals surface area contributed by atoms with Crippen LogP contribution < -0.4 is 4.90 Å². The van der Waals surface area contributed by atoms with Gasteiger partial charge in [0.25, 0.3) is 5.91 Å². The lowest BCUT2D eigenvalue weighted by Crippen LogP contribution is -2.45. The summed E-state index contributed by atoms with van der Waals surface area (Å²) in [6.45, 7) is 8.12. The Hall–Kier alpha value is -2.91. The van der Waals surface area contributed by atoms with E-state index in [1.54, 1.807) is 0 Å². The van der Waals surface area contributed by atoms with E-state index >= 15 is 0 Å². The highest BCUT2D eigenvalue weighted by atomic mass is 16.2. The predicted octanol–water partition coefficient (Wildman–Crippen LogP) is 5.50. The Labute approximate surface area is 185 Å². The molecule has 2 aliphatic rings. The van der Waals surface area contributed by atoms with Gasteiger partial charge in [0, 0.05) is 29.8 Å². The zero-order valence-electron chi connectivity index (χ0n) is 18.5. The van der Waals surface area contributed by atoms with E-state index < -0.39 is 0 Å². The highest BCUT2D eigenvalue weighted by molar-refractivity contribution is 6.07. The largest absolute Gasteiger partial charge is 0.307 e. The van der Waals surface area contributed by atoms with Crippen molar-refractivity contribution in [2.75, 3.05) is 24.5 Å². The molecule has 2 heterocycles. The molecule has 0 unspecified atom stereocenters. The summed E-state index contributed by atoms with van der Waals surface area (Å²) in [5.74, 6) is 0.123. The maximum Gasteiger partial charge on any atom is 0.258 e. The first-order valence-corrected chi connectivity index (χ1v) is 11.3. The fourth-order valence-electron chi connectivity index (χ4n) is 5.31. The molecule has 3 aromatic rings. The molecule has 0 atom stereocenters. The Morgan fingerprint density at radius 3 is 2.35 bits per heavy atom. The van der Waals surface area contributed by atoms with Gasteiger partial charge in [-0.25, -0.2) is 0 Å². The Kier molecular flexibility index (Phi) is 5.15. The van der Waals surface area contributed by atoms with Crippen molar-refractivity contribution in [1.82, 2.24) is 4.90 Å². The molecule has 0 radical (unpaired) electrons. The molecule has 1 spiro atoms. The predicted molar refractivity (Wildman–Crippen MR) is 127 cm³/mol. The zero-order valence-corrected chi connectivity index (χ0v) is 18.5. The fourth-order valence-corrected chi connectivity index (χ4v) is 5.31. The van der Waals surface area contributed by atoms with E-state index in [4.69, 9.17) is 0 Å². The van der Waals surface area contributed by atoms with Gasteiger partial charge in [-0.05, 0) is 69.1 Å². The van der Waals surface area contributed by atoms with Gasteiger partial charge in [0.1, 0.15) is 0 Å². The molecule has 1 fully saturated rings. The van der Waals surface area contributed by atoms with E-state index in [0.29, 0.717) is 0 Å². The van der Waals surface area contributed by atoms with Crippen LogP contribution in [0, 0.1) is 13.8 Å². The smallest absolute Gasteiger partial charge is 0.258 e. The molecule has 5 rings (SSSR count). The standard InChI is InChI=1S/C28H30N2O/c1-21-7-6-10-24(17-21)27(31)30-20-28(25-18-22(2)11-12-26(25)30)13-15-29(16-14-28)19-23-8-4-3-5-9-23/h3-12,17-18H,13-16,19-20H2,1-2H3. The number of benzene rings is 3. The van der Waals surface area contributed by atoms with Crippen LogP contribution in [0.5, 0.6) is 0 Å². The molecule has 0 aliphatic carbocycles. The van der Waals surface area contributed by atoms with Gasteiger partial charge in [0.05, 0.1) is 0 Å². The number of carbonyl (C=O) groups excluding carboxylic acids is 1. The number of piperidine rings is 1. The third kappa shape index (κ3) is 3.79. The number of fused-ring (bicyclic) bond motifs is 2. The third-order valence-electron chi connectivity index (χ3n) is 7.05. The van der Waals surface area contributed by atoms with Gasteiger partial charge in [-0.3, -0.25) is 9.69 Å². The van der Waals surface area contributed by atoms with E-state index in [2.05, 4.69) is 60.4 Å². The van der Waals surface area contributed by atoms with E-state index in [1.165, 1.54) is 16.7 Å². The fraction of sp³-hybridized carbons (Fsp3) is 0.321. The second kappa shape index (κ2) is 7.97. The van der Waals surface area contributed by atoms with E-state index in [1.807, 2.05) is 36.1 Å². The lowest BCUT2D eigenvalue weighted by molar-refractivity contribution is 0.0975. The summed E-state index contributed by atoms with van der Waals surface area (Å²) < 4.78 is 0. The number of carbonyl (C=O) groups is 1. The maximum atomic E-state index is 13.5. The number of likely N-dealkylation sites (tertiary alicyclic amines) is 1. The van der Waals surface area contributed by atoms with Gasteiger partial charge >= 0.3 is 0 Å². The molecule has 1 saturated heterocycles. The number of aryl methyl sites for hydroxylation is 2. The molecule has 0 aromatic heterocycles. The zero-order chi connectivity index (χ0) is 21.4. The minimum Gasteiger partial charge on any atom is -0.307 e. The molecule has 31 heavy (non-hydrogen) atoms. The summed E-state index contributed by atoms with van der Waals surface area (Å²) in [7, 11) is 0. The van der Waals surface area contributed by atoms with Crippen molar-refractivity contribution in [1.29, 1.82) is 0 Å². The summed E-state index contributed by atoms with van der Waals surface area (Å²) in [6.07, 6.45) is 2.18. The Bertz CT molecular complexity index is 1100. The SMILES string of the molecule is Cc1cccc(C(=O)N2CC3(CCN(Cc4ccccc4)CC3)c3cc(C)ccc32)c1. The average Bonchev–Trinajstić information content (AvgIpc) is 3.09. The third-order valence-corrected chi connectivity index (χ3v) is 7.05. The van der Waals surface area contributed by atoms with Gasteiger partial charge in [-0.15, -0.1) is 0 Å². The lowest BCUT2D eigenvalue weighted by Gasteiger charge is -2.40. The van der Waals surface area contributed by atoms with Gasteiger partial charge in [-0.2, -0.15) is 0 Å². The number of hydrogen-bond donors (Lipinski definition) is 0. The molecule has 1 amide bonds. The molecule has 3 aromatic carbocycles. The van der Waals surface area contributed by atoms with Crippen LogP contribution in [0.3, 0.4) is 0 Å². The lowest BCUT2D eigenvalue weighted by atomic mass is 9.74. The van der Waals surface area contributed by atoms with Crippen LogP contribution in [0.4, 0.5) is 5.69 Å². The van der Waals surface area contributed by atoms with Crippen molar-refractivity contribution >= 4 is 11.6 Å². The summed E-state index contributed by atoms with van der Waals surface area (Å²) in [5, 5.41) is 0. The number of nitrogens with zero attached hydrogens (tertiary/aromatic N) is 2.